The Kier molecular flexibility index (Phi) is 3.55. The van der Waals surface area contributed by atoms with Crippen LogP contribution in [-0.4, -0.2) is 20.0 Å². The molecule has 0 spiro atoms. The third-order valence-corrected chi connectivity index (χ3v) is 2.39. The molecule has 0 radical (unpaired) electrons. The number of non-ortho nitro benzene ring substituents is 1. The Morgan fingerprint density at radius 2 is 2.05 bits per heavy atom. The molecular formula is C10H9N5O5. The number of nitro groups is 2. The molecule has 1 aromatic heterocycles. The molecule has 0 amide bonds. The third-order valence-electron chi connectivity index (χ3n) is 2.39. The van der Waals surface area contributed by atoms with Crippen LogP contribution >= 0.6 is 0 Å². The molecule has 10 nitrogen and oxygen atoms in total. The predicted molar refractivity (Wildman–Crippen MR) is 66.1 cm³/mol. The zero-order valence-corrected chi connectivity index (χ0v) is 10.3. The van der Waals surface area contributed by atoms with Gasteiger partial charge in [0.05, 0.1) is 22.5 Å². The van der Waals surface area contributed by atoms with Crippen molar-refractivity contribution in [2.45, 2.75) is 13.5 Å². The van der Waals surface area contributed by atoms with Gasteiger partial charge in [0.15, 0.2) is 5.82 Å². The van der Waals surface area contributed by atoms with Crippen LogP contribution in [-0.2, 0) is 6.54 Å². The Balaban J connectivity index is 2.22. The second-order valence-electron chi connectivity index (χ2n) is 3.80. The third kappa shape index (κ3) is 2.85. The lowest BCUT2D eigenvalue weighted by molar-refractivity contribution is -0.393. The molecule has 0 unspecified atom stereocenters. The van der Waals surface area contributed by atoms with Crippen molar-refractivity contribution in [2.24, 2.45) is 0 Å². The van der Waals surface area contributed by atoms with E-state index in [9.17, 15) is 20.2 Å². The molecule has 0 aliphatic rings. The molecule has 0 aliphatic carbocycles. The summed E-state index contributed by atoms with van der Waals surface area (Å²) in [5, 5.41) is 27.8. The van der Waals surface area contributed by atoms with Crippen molar-refractivity contribution in [2.75, 3.05) is 5.32 Å². The maximum atomic E-state index is 10.9. The van der Waals surface area contributed by atoms with Crippen LogP contribution in [0.1, 0.15) is 11.7 Å². The summed E-state index contributed by atoms with van der Waals surface area (Å²) in [6.45, 7) is 1.72. The molecule has 0 saturated heterocycles. The smallest absolute Gasteiger partial charge is 0.299 e. The lowest BCUT2D eigenvalue weighted by atomic mass is 10.2. The molecule has 0 bridgehead atoms. The van der Waals surface area contributed by atoms with Gasteiger partial charge in [-0.1, -0.05) is 5.16 Å². The summed E-state index contributed by atoms with van der Waals surface area (Å²) in [5.41, 5.74) is -0.609. The van der Waals surface area contributed by atoms with Crippen LogP contribution in [0.4, 0.5) is 17.1 Å². The van der Waals surface area contributed by atoms with E-state index in [0.717, 1.165) is 6.07 Å². The van der Waals surface area contributed by atoms with Crippen molar-refractivity contribution in [3.63, 3.8) is 0 Å². The van der Waals surface area contributed by atoms with Crippen LogP contribution in [0.15, 0.2) is 22.7 Å². The highest BCUT2D eigenvalue weighted by molar-refractivity contribution is 5.65. The zero-order chi connectivity index (χ0) is 14.7. The van der Waals surface area contributed by atoms with Gasteiger partial charge < -0.3 is 9.84 Å². The van der Waals surface area contributed by atoms with Crippen molar-refractivity contribution in [1.82, 2.24) is 10.1 Å². The SMILES string of the molecule is Cc1noc(CNc2ccc([N+](=O)[O-])cc2[N+](=O)[O-])n1. The Labute approximate surface area is 111 Å². The number of nitro benzene ring substituents is 2. The fourth-order valence-electron chi connectivity index (χ4n) is 1.52. The van der Waals surface area contributed by atoms with Crippen LogP contribution in [0.2, 0.25) is 0 Å². The van der Waals surface area contributed by atoms with E-state index >= 15 is 0 Å². The molecule has 0 aliphatic heterocycles. The van der Waals surface area contributed by atoms with E-state index in [-0.39, 0.29) is 23.8 Å². The van der Waals surface area contributed by atoms with Gasteiger partial charge in [0.25, 0.3) is 11.4 Å². The molecular weight excluding hydrogens is 270 g/mol. The fraction of sp³-hybridized carbons (Fsp3) is 0.200. The molecule has 10 heteroatoms. The average Bonchev–Trinajstić information content (AvgIpc) is 2.81. The summed E-state index contributed by atoms with van der Waals surface area (Å²) in [6.07, 6.45) is 0. The van der Waals surface area contributed by atoms with Crippen LogP contribution < -0.4 is 5.32 Å². The van der Waals surface area contributed by atoms with E-state index in [0.29, 0.717) is 5.82 Å². The van der Waals surface area contributed by atoms with Crippen LogP contribution in [0.5, 0.6) is 0 Å². The molecule has 1 aromatic carbocycles. The highest BCUT2D eigenvalue weighted by atomic mass is 16.6. The van der Waals surface area contributed by atoms with Gasteiger partial charge in [-0.2, -0.15) is 4.98 Å². The summed E-state index contributed by atoms with van der Waals surface area (Å²) in [5.74, 6) is 0.704. The van der Waals surface area contributed by atoms with Crippen LogP contribution in [0.25, 0.3) is 0 Å². The molecule has 2 rings (SSSR count). The van der Waals surface area contributed by atoms with Crippen molar-refractivity contribution in [3.8, 4) is 0 Å². The van der Waals surface area contributed by atoms with Crippen LogP contribution in [0.3, 0.4) is 0 Å². The van der Waals surface area contributed by atoms with Crippen molar-refractivity contribution in [3.05, 3.63) is 50.1 Å². The van der Waals surface area contributed by atoms with E-state index in [1.54, 1.807) is 6.92 Å². The quantitative estimate of drug-likeness (QED) is 0.645. The van der Waals surface area contributed by atoms with Gasteiger partial charge in [-0.3, -0.25) is 20.2 Å². The number of nitrogens with zero attached hydrogens (tertiary/aromatic N) is 4. The Morgan fingerprint density at radius 1 is 1.30 bits per heavy atom. The first kappa shape index (κ1) is 13.4. The largest absolute Gasteiger partial charge is 0.371 e. The van der Waals surface area contributed by atoms with Crippen molar-refractivity contribution in [1.29, 1.82) is 0 Å². The highest BCUT2D eigenvalue weighted by Crippen LogP contribution is 2.29. The number of anilines is 1. The van der Waals surface area contributed by atoms with Gasteiger partial charge in [-0.05, 0) is 13.0 Å². The van der Waals surface area contributed by atoms with E-state index in [4.69, 9.17) is 4.52 Å². The molecule has 0 fully saturated rings. The average molecular weight is 279 g/mol. The number of nitrogens with one attached hydrogen (secondary N) is 1. The molecule has 104 valence electrons. The van der Waals surface area contributed by atoms with Gasteiger partial charge in [0.2, 0.25) is 5.89 Å². The van der Waals surface area contributed by atoms with Crippen molar-refractivity contribution < 1.29 is 14.4 Å². The molecule has 0 atom stereocenters. The summed E-state index contributed by atoms with van der Waals surface area (Å²) < 4.78 is 4.85. The Morgan fingerprint density at radius 3 is 2.60 bits per heavy atom. The normalized spacial score (nSPS) is 10.2. The van der Waals surface area contributed by atoms with Gasteiger partial charge in [-0.25, -0.2) is 0 Å². The van der Waals surface area contributed by atoms with Crippen molar-refractivity contribution >= 4 is 17.1 Å². The van der Waals surface area contributed by atoms with Gasteiger partial charge >= 0.3 is 0 Å². The Hall–Kier alpha value is -3.04. The number of rotatable bonds is 5. The number of aromatic nitrogens is 2. The first-order valence-electron chi connectivity index (χ1n) is 5.43. The topological polar surface area (TPSA) is 137 Å². The Bertz CT molecular complexity index is 668. The number of hydrogen-bond donors (Lipinski definition) is 1. The van der Waals surface area contributed by atoms with E-state index in [2.05, 4.69) is 15.5 Å². The number of benzene rings is 1. The van der Waals surface area contributed by atoms with Gasteiger partial charge in [0, 0.05) is 6.07 Å². The van der Waals surface area contributed by atoms with Gasteiger partial charge in [0.1, 0.15) is 5.69 Å². The molecule has 1 N–H and O–H groups in total. The molecule has 0 saturated carbocycles. The van der Waals surface area contributed by atoms with Gasteiger partial charge in [-0.15, -0.1) is 0 Å². The highest BCUT2D eigenvalue weighted by Gasteiger charge is 2.19. The standard InChI is InChI=1S/C10H9N5O5/c1-6-12-10(20-13-6)5-11-8-3-2-7(14(16)17)4-9(8)15(18)19/h2-4,11H,5H2,1H3. The second-order valence-corrected chi connectivity index (χ2v) is 3.80. The minimum absolute atomic E-state index is 0.0828. The molecule has 20 heavy (non-hydrogen) atoms. The molecule has 1 heterocycles. The van der Waals surface area contributed by atoms with E-state index in [1.807, 2.05) is 0 Å². The number of aryl methyl sites for hydroxylation is 1. The molecule has 2 aromatic rings. The monoisotopic (exact) mass is 279 g/mol. The summed E-state index contributed by atoms with van der Waals surface area (Å²) >= 11 is 0. The maximum Gasteiger partial charge on any atom is 0.299 e. The van der Waals surface area contributed by atoms with Crippen LogP contribution in [0, 0.1) is 27.2 Å². The lowest BCUT2D eigenvalue weighted by Gasteiger charge is -2.04. The van der Waals surface area contributed by atoms with E-state index < -0.39 is 15.5 Å². The fourth-order valence-corrected chi connectivity index (χ4v) is 1.52. The first-order valence-corrected chi connectivity index (χ1v) is 5.43. The zero-order valence-electron chi connectivity index (χ0n) is 10.3. The first-order chi connectivity index (χ1) is 9.47. The predicted octanol–water partition coefficient (Wildman–Crippen LogP) is 1.81. The minimum Gasteiger partial charge on any atom is -0.371 e. The summed E-state index contributed by atoms with van der Waals surface area (Å²) in [6, 6.07) is 3.33. The summed E-state index contributed by atoms with van der Waals surface area (Å²) in [7, 11) is 0. The number of hydrogen-bond acceptors (Lipinski definition) is 8. The minimum atomic E-state index is -0.700. The van der Waals surface area contributed by atoms with E-state index in [1.165, 1.54) is 12.1 Å². The lowest BCUT2D eigenvalue weighted by Crippen LogP contribution is -2.03. The summed E-state index contributed by atoms with van der Waals surface area (Å²) in [4.78, 5) is 24.0. The maximum absolute atomic E-state index is 10.9. The second kappa shape index (κ2) is 5.30.